The van der Waals surface area contributed by atoms with Crippen molar-refractivity contribution in [3.8, 4) is 0 Å². The first-order valence-corrected chi connectivity index (χ1v) is 6.49. The van der Waals surface area contributed by atoms with Gasteiger partial charge in [-0.25, -0.2) is 0 Å². The van der Waals surface area contributed by atoms with Gasteiger partial charge in [-0.1, -0.05) is 6.92 Å². The smallest absolute Gasteiger partial charge is 0.0696 e. The summed E-state index contributed by atoms with van der Waals surface area (Å²) in [6, 6.07) is 2.66. The summed E-state index contributed by atoms with van der Waals surface area (Å²) in [5, 5.41) is 7.83. The van der Waals surface area contributed by atoms with Crippen molar-refractivity contribution in [2.75, 3.05) is 13.7 Å². The van der Waals surface area contributed by atoms with Gasteiger partial charge in [0.2, 0.25) is 0 Å². The number of ether oxygens (including phenoxy) is 1. The molecule has 0 amide bonds. The fourth-order valence-corrected chi connectivity index (χ4v) is 2.39. The van der Waals surface area contributed by atoms with E-state index in [0.29, 0.717) is 6.04 Å². The van der Waals surface area contributed by atoms with Crippen molar-refractivity contribution < 1.29 is 4.74 Å². The number of likely N-dealkylation sites (N-methyl/N-ethyl adjacent to an activating group) is 1. The summed E-state index contributed by atoms with van der Waals surface area (Å²) < 4.78 is 5.37. The first kappa shape index (κ1) is 12.7. The number of rotatable bonds is 7. The molecule has 15 heavy (non-hydrogen) atoms. The van der Waals surface area contributed by atoms with Crippen molar-refractivity contribution in [3.05, 3.63) is 22.4 Å². The van der Waals surface area contributed by atoms with Crippen molar-refractivity contribution in [3.63, 3.8) is 0 Å². The van der Waals surface area contributed by atoms with Crippen molar-refractivity contribution in [2.45, 2.75) is 38.8 Å². The van der Waals surface area contributed by atoms with Gasteiger partial charge in [0, 0.05) is 13.2 Å². The first-order chi connectivity index (χ1) is 7.27. The Hall–Kier alpha value is -0.380. The molecule has 86 valence electrons. The molecule has 0 saturated heterocycles. The van der Waals surface area contributed by atoms with Crippen molar-refractivity contribution in [1.82, 2.24) is 5.32 Å². The lowest BCUT2D eigenvalue weighted by Crippen LogP contribution is -2.39. The van der Waals surface area contributed by atoms with E-state index in [2.05, 4.69) is 36.0 Å². The fraction of sp³-hybridized carbons (Fsp3) is 0.667. The number of hydrogen-bond donors (Lipinski definition) is 1. The summed E-state index contributed by atoms with van der Waals surface area (Å²) in [7, 11) is 1.78. The average molecular weight is 227 g/mol. The summed E-state index contributed by atoms with van der Waals surface area (Å²) in [6.07, 6.45) is 2.55. The van der Waals surface area contributed by atoms with E-state index in [1.54, 1.807) is 18.4 Å². The third kappa shape index (κ3) is 4.33. The molecule has 0 fully saturated rings. The van der Waals surface area contributed by atoms with Crippen molar-refractivity contribution in [2.24, 2.45) is 0 Å². The predicted octanol–water partition coefficient (Wildman–Crippen LogP) is 2.69. The van der Waals surface area contributed by atoms with E-state index in [0.717, 1.165) is 19.4 Å². The number of aryl methyl sites for hydroxylation is 1. The normalized spacial score (nSPS) is 15.1. The third-order valence-electron chi connectivity index (χ3n) is 2.73. The summed E-state index contributed by atoms with van der Waals surface area (Å²) in [5.74, 6) is 0. The molecule has 1 rings (SSSR count). The van der Waals surface area contributed by atoms with Crippen LogP contribution in [-0.4, -0.2) is 25.8 Å². The maximum atomic E-state index is 5.37. The SMILES string of the molecule is CCNC(CCc1ccsc1)C(C)OC. The van der Waals surface area contributed by atoms with Crippen LogP contribution >= 0.6 is 11.3 Å². The zero-order valence-corrected chi connectivity index (χ0v) is 10.6. The maximum Gasteiger partial charge on any atom is 0.0696 e. The van der Waals surface area contributed by atoms with Crippen LogP contribution in [-0.2, 0) is 11.2 Å². The molecule has 1 aromatic heterocycles. The number of nitrogens with one attached hydrogen (secondary N) is 1. The Bertz CT molecular complexity index is 248. The minimum Gasteiger partial charge on any atom is -0.380 e. The number of thiophene rings is 1. The van der Waals surface area contributed by atoms with E-state index in [9.17, 15) is 0 Å². The monoisotopic (exact) mass is 227 g/mol. The Labute approximate surface area is 96.7 Å². The molecule has 0 aliphatic rings. The van der Waals surface area contributed by atoms with Crippen molar-refractivity contribution >= 4 is 11.3 Å². The summed E-state index contributed by atoms with van der Waals surface area (Å²) in [6.45, 7) is 5.27. The first-order valence-electron chi connectivity index (χ1n) is 5.55. The molecule has 0 aromatic carbocycles. The van der Waals surface area contributed by atoms with Crippen LogP contribution in [0.5, 0.6) is 0 Å². The van der Waals surface area contributed by atoms with E-state index < -0.39 is 0 Å². The molecular weight excluding hydrogens is 206 g/mol. The highest BCUT2D eigenvalue weighted by Gasteiger charge is 2.15. The molecule has 2 unspecified atom stereocenters. The van der Waals surface area contributed by atoms with E-state index in [-0.39, 0.29) is 6.10 Å². The number of hydrogen-bond acceptors (Lipinski definition) is 3. The molecule has 1 heterocycles. The minimum atomic E-state index is 0.281. The van der Waals surface area contributed by atoms with Crippen LogP contribution in [0.2, 0.25) is 0 Å². The third-order valence-corrected chi connectivity index (χ3v) is 3.46. The van der Waals surface area contributed by atoms with Gasteiger partial charge in [0.1, 0.15) is 0 Å². The van der Waals surface area contributed by atoms with Gasteiger partial charge in [-0.3, -0.25) is 0 Å². The maximum absolute atomic E-state index is 5.37. The van der Waals surface area contributed by atoms with Gasteiger partial charge < -0.3 is 10.1 Å². The molecule has 3 heteroatoms. The topological polar surface area (TPSA) is 21.3 Å². The molecule has 0 aliphatic carbocycles. The molecule has 0 aliphatic heterocycles. The van der Waals surface area contributed by atoms with Gasteiger partial charge in [-0.15, -0.1) is 0 Å². The molecule has 0 radical (unpaired) electrons. The lowest BCUT2D eigenvalue weighted by atomic mass is 10.0. The van der Waals surface area contributed by atoms with Crippen molar-refractivity contribution in [1.29, 1.82) is 0 Å². The second kappa shape index (κ2) is 6.99. The summed E-state index contributed by atoms with van der Waals surface area (Å²) in [4.78, 5) is 0. The zero-order valence-electron chi connectivity index (χ0n) is 9.82. The van der Waals surface area contributed by atoms with Crippen LogP contribution in [0, 0.1) is 0 Å². The minimum absolute atomic E-state index is 0.281. The van der Waals surface area contributed by atoms with Gasteiger partial charge in [0.05, 0.1) is 6.10 Å². The lowest BCUT2D eigenvalue weighted by Gasteiger charge is -2.23. The molecular formula is C12H21NOS. The highest BCUT2D eigenvalue weighted by Crippen LogP contribution is 2.12. The number of methoxy groups -OCH3 is 1. The summed E-state index contributed by atoms with van der Waals surface area (Å²) in [5.41, 5.74) is 1.44. The van der Waals surface area contributed by atoms with E-state index >= 15 is 0 Å². The standard InChI is InChI=1S/C12H21NOS/c1-4-13-12(10(2)14-3)6-5-11-7-8-15-9-11/h7-10,12-13H,4-6H2,1-3H3. The lowest BCUT2D eigenvalue weighted by molar-refractivity contribution is 0.0807. The quantitative estimate of drug-likeness (QED) is 0.773. The molecule has 0 spiro atoms. The van der Waals surface area contributed by atoms with Crippen LogP contribution in [0.3, 0.4) is 0 Å². The second-order valence-electron chi connectivity index (χ2n) is 3.78. The van der Waals surface area contributed by atoms with Gasteiger partial charge >= 0.3 is 0 Å². The largest absolute Gasteiger partial charge is 0.380 e. The van der Waals surface area contributed by atoms with Crippen LogP contribution in [0.25, 0.3) is 0 Å². The Morgan fingerprint density at radius 1 is 1.53 bits per heavy atom. The Kier molecular flexibility index (Phi) is 5.91. The molecule has 2 atom stereocenters. The Morgan fingerprint density at radius 3 is 2.87 bits per heavy atom. The molecule has 1 aromatic rings. The van der Waals surface area contributed by atoms with Crippen LogP contribution in [0.1, 0.15) is 25.8 Å². The Morgan fingerprint density at radius 2 is 2.33 bits per heavy atom. The van der Waals surface area contributed by atoms with E-state index in [1.807, 2.05) is 0 Å². The Balaban J connectivity index is 2.37. The molecule has 0 bridgehead atoms. The van der Waals surface area contributed by atoms with Crippen LogP contribution in [0.15, 0.2) is 16.8 Å². The predicted molar refractivity (Wildman–Crippen MR) is 66.6 cm³/mol. The second-order valence-corrected chi connectivity index (χ2v) is 4.56. The molecule has 2 nitrogen and oxygen atoms in total. The highest BCUT2D eigenvalue weighted by atomic mass is 32.1. The fourth-order valence-electron chi connectivity index (χ4n) is 1.69. The van der Waals surface area contributed by atoms with Gasteiger partial charge in [0.15, 0.2) is 0 Å². The van der Waals surface area contributed by atoms with Crippen LogP contribution in [0.4, 0.5) is 0 Å². The van der Waals surface area contributed by atoms with Gasteiger partial charge in [-0.05, 0) is 48.7 Å². The molecule has 0 saturated carbocycles. The van der Waals surface area contributed by atoms with Crippen LogP contribution < -0.4 is 5.32 Å². The average Bonchev–Trinajstić information content (AvgIpc) is 2.76. The van der Waals surface area contributed by atoms with Gasteiger partial charge in [-0.2, -0.15) is 11.3 Å². The summed E-state index contributed by atoms with van der Waals surface area (Å²) >= 11 is 1.77. The molecule has 1 N–H and O–H groups in total. The zero-order chi connectivity index (χ0) is 11.1. The van der Waals surface area contributed by atoms with Gasteiger partial charge in [0.25, 0.3) is 0 Å². The highest BCUT2D eigenvalue weighted by molar-refractivity contribution is 7.07. The van der Waals surface area contributed by atoms with E-state index in [4.69, 9.17) is 4.74 Å². The van der Waals surface area contributed by atoms with E-state index in [1.165, 1.54) is 5.56 Å².